The Hall–Kier alpha value is -3.15. The molecule has 0 aliphatic heterocycles. The summed E-state index contributed by atoms with van der Waals surface area (Å²) < 4.78 is 5.14. The lowest BCUT2D eigenvalue weighted by Gasteiger charge is -2.05. The molecule has 6 nitrogen and oxygen atoms in total. The zero-order valence-electron chi connectivity index (χ0n) is 13.8. The zero-order valence-corrected chi connectivity index (χ0v) is 13.8. The first kappa shape index (κ1) is 17.2. The first-order chi connectivity index (χ1) is 11.5. The number of aryl methyl sites for hydroxylation is 1. The van der Waals surface area contributed by atoms with Crippen LogP contribution < -0.4 is 15.5 Å². The standard InChI is InChI=1S/C18H19N3O3/c1-12-10-17(24-3)9-6-15(12)11-19-21-18(23)14-4-7-16(8-5-14)20-13(2)22/h4-11H,1-3H3,(H,20,22)(H,21,23). The first-order valence-electron chi connectivity index (χ1n) is 7.35. The molecule has 0 heterocycles. The van der Waals surface area contributed by atoms with Crippen molar-refractivity contribution in [2.75, 3.05) is 12.4 Å². The molecule has 0 aliphatic rings. The molecule has 2 rings (SSSR count). The van der Waals surface area contributed by atoms with Gasteiger partial charge in [-0.1, -0.05) is 0 Å². The van der Waals surface area contributed by atoms with Gasteiger partial charge in [0.25, 0.3) is 5.91 Å². The van der Waals surface area contributed by atoms with Gasteiger partial charge in [-0.3, -0.25) is 9.59 Å². The molecule has 0 radical (unpaired) electrons. The first-order valence-corrected chi connectivity index (χ1v) is 7.35. The van der Waals surface area contributed by atoms with Crippen molar-refractivity contribution in [1.82, 2.24) is 5.43 Å². The number of nitrogens with one attached hydrogen (secondary N) is 2. The van der Waals surface area contributed by atoms with E-state index in [1.165, 1.54) is 6.92 Å². The SMILES string of the molecule is COc1ccc(C=NNC(=O)c2ccc(NC(C)=O)cc2)c(C)c1. The highest BCUT2D eigenvalue weighted by Gasteiger charge is 2.04. The number of benzene rings is 2. The van der Waals surface area contributed by atoms with E-state index in [0.717, 1.165) is 16.9 Å². The molecule has 0 unspecified atom stereocenters. The quantitative estimate of drug-likeness (QED) is 0.655. The Morgan fingerprint density at radius 2 is 1.83 bits per heavy atom. The van der Waals surface area contributed by atoms with Crippen LogP contribution in [0.1, 0.15) is 28.4 Å². The molecule has 0 atom stereocenters. The van der Waals surface area contributed by atoms with Crippen LogP contribution in [0.3, 0.4) is 0 Å². The van der Waals surface area contributed by atoms with Gasteiger partial charge in [-0.05, 0) is 60.5 Å². The van der Waals surface area contributed by atoms with Gasteiger partial charge in [0.1, 0.15) is 5.75 Å². The molecule has 0 aliphatic carbocycles. The van der Waals surface area contributed by atoms with E-state index in [4.69, 9.17) is 4.74 Å². The highest BCUT2D eigenvalue weighted by atomic mass is 16.5. The smallest absolute Gasteiger partial charge is 0.271 e. The number of amides is 2. The highest BCUT2D eigenvalue weighted by molar-refractivity contribution is 5.96. The maximum absolute atomic E-state index is 12.0. The fraction of sp³-hybridized carbons (Fsp3) is 0.167. The lowest BCUT2D eigenvalue weighted by atomic mass is 10.1. The summed E-state index contributed by atoms with van der Waals surface area (Å²) >= 11 is 0. The van der Waals surface area contributed by atoms with Gasteiger partial charge in [0.2, 0.25) is 5.91 Å². The van der Waals surface area contributed by atoms with E-state index in [0.29, 0.717) is 11.3 Å². The predicted octanol–water partition coefficient (Wildman–Crippen LogP) is 2.73. The second kappa shape index (κ2) is 7.92. The van der Waals surface area contributed by atoms with Crippen molar-refractivity contribution in [3.05, 3.63) is 59.2 Å². The maximum atomic E-state index is 12.0. The van der Waals surface area contributed by atoms with E-state index in [-0.39, 0.29) is 11.8 Å². The van der Waals surface area contributed by atoms with E-state index in [1.54, 1.807) is 37.6 Å². The molecule has 24 heavy (non-hydrogen) atoms. The van der Waals surface area contributed by atoms with Gasteiger partial charge in [-0.2, -0.15) is 5.10 Å². The van der Waals surface area contributed by atoms with Crippen LogP contribution in [-0.2, 0) is 4.79 Å². The number of rotatable bonds is 5. The summed E-state index contributed by atoms with van der Waals surface area (Å²) in [5.74, 6) is 0.284. The second-order valence-electron chi connectivity index (χ2n) is 5.18. The van der Waals surface area contributed by atoms with Gasteiger partial charge < -0.3 is 10.1 Å². The summed E-state index contributed by atoms with van der Waals surface area (Å²) in [5.41, 5.74) is 5.44. The number of hydrazone groups is 1. The zero-order chi connectivity index (χ0) is 17.5. The molecule has 0 saturated carbocycles. The van der Waals surface area contributed by atoms with Crippen LogP contribution in [0.15, 0.2) is 47.6 Å². The Labute approximate surface area is 140 Å². The number of anilines is 1. The summed E-state index contributed by atoms with van der Waals surface area (Å²) in [5, 5.41) is 6.61. The maximum Gasteiger partial charge on any atom is 0.271 e. The molecule has 124 valence electrons. The molecule has 2 aromatic carbocycles. The van der Waals surface area contributed by atoms with Crippen molar-refractivity contribution < 1.29 is 14.3 Å². The van der Waals surface area contributed by atoms with Crippen LogP contribution >= 0.6 is 0 Å². The van der Waals surface area contributed by atoms with E-state index >= 15 is 0 Å². The van der Waals surface area contributed by atoms with Gasteiger partial charge in [0, 0.05) is 18.2 Å². The van der Waals surface area contributed by atoms with Gasteiger partial charge >= 0.3 is 0 Å². The average Bonchev–Trinajstić information content (AvgIpc) is 2.56. The Morgan fingerprint density at radius 1 is 1.12 bits per heavy atom. The molecule has 0 spiro atoms. The molecule has 2 N–H and O–H groups in total. The van der Waals surface area contributed by atoms with Gasteiger partial charge in [0.05, 0.1) is 13.3 Å². The molecule has 0 aromatic heterocycles. The van der Waals surface area contributed by atoms with Gasteiger partial charge in [-0.25, -0.2) is 5.43 Å². The van der Waals surface area contributed by atoms with Crippen LogP contribution in [0.4, 0.5) is 5.69 Å². The summed E-state index contributed by atoms with van der Waals surface area (Å²) in [4.78, 5) is 23.0. The van der Waals surface area contributed by atoms with Gasteiger partial charge in [-0.15, -0.1) is 0 Å². The molecule has 2 amide bonds. The lowest BCUT2D eigenvalue weighted by Crippen LogP contribution is -2.17. The number of hydrogen-bond acceptors (Lipinski definition) is 4. The monoisotopic (exact) mass is 325 g/mol. The molecule has 0 bridgehead atoms. The summed E-state index contributed by atoms with van der Waals surface area (Å²) in [6, 6.07) is 12.2. The second-order valence-corrected chi connectivity index (χ2v) is 5.18. The third-order valence-corrected chi connectivity index (χ3v) is 3.31. The molecular formula is C18H19N3O3. The Morgan fingerprint density at radius 3 is 2.42 bits per heavy atom. The third-order valence-electron chi connectivity index (χ3n) is 3.31. The van der Waals surface area contributed by atoms with Crippen molar-refractivity contribution in [3.8, 4) is 5.75 Å². The van der Waals surface area contributed by atoms with Gasteiger partial charge in [0.15, 0.2) is 0 Å². The minimum atomic E-state index is -0.327. The lowest BCUT2D eigenvalue weighted by molar-refractivity contribution is -0.114. The molecule has 2 aromatic rings. The van der Waals surface area contributed by atoms with E-state index < -0.39 is 0 Å². The highest BCUT2D eigenvalue weighted by Crippen LogP contribution is 2.15. The van der Waals surface area contributed by atoms with Crippen LogP contribution in [0, 0.1) is 6.92 Å². The van der Waals surface area contributed by atoms with Crippen molar-refractivity contribution in [2.45, 2.75) is 13.8 Å². The summed E-state index contributed by atoms with van der Waals surface area (Å²) in [6.07, 6.45) is 1.58. The summed E-state index contributed by atoms with van der Waals surface area (Å²) in [7, 11) is 1.61. The number of methoxy groups -OCH3 is 1. The van der Waals surface area contributed by atoms with Crippen molar-refractivity contribution in [3.63, 3.8) is 0 Å². The topological polar surface area (TPSA) is 79.8 Å². The number of nitrogens with zero attached hydrogens (tertiary/aromatic N) is 1. The van der Waals surface area contributed by atoms with Crippen LogP contribution in [-0.4, -0.2) is 25.1 Å². The number of carbonyl (C=O) groups excluding carboxylic acids is 2. The fourth-order valence-electron chi connectivity index (χ4n) is 2.05. The van der Waals surface area contributed by atoms with Crippen LogP contribution in [0.2, 0.25) is 0 Å². The minimum Gasteiger partial charge on any atom is -0.497 e. The average molecular weight is 325 g/mol. The Bertz CT molecular complexity index is 768. The number of hydrogen-bond donors (Lipinski definition) is 2. The number of carbonyl (C=O) groups is 2. The fourth-order valence-corrected chi connectivity index (χ4v) is 2.05. The van der Waals surface area contributed by atoms with Crippen LogP contribution in [0.25, 0.3) is 0 Å². The Kier molecular flexibility index (Phi) is 5.68. The molecule has 0 fully saturated rings. The van der Waals surface area contributed by atoms with E-state index in [2.05, 4.69) is 15.8 Å². The normalized spacial score (nSPS) is 10.5. The van der Waals surface area contributed by atoms with E-state index in [9.17, 15) is 9.59 Å². The van der Waals surface area contributed by atoms with Crippen LogP contribution in [0.5, 0.6) is 5.75 Å². The molecular weight excluding hydrogens is 306 g/mol. The van der Waals surface area contributed by atoms with E-state index in [1.807, 2.05) is 25.1 Å². The number of ether oxygens (including phenoxy) is 1. The van der Waals surface area contributed by atoms with Crippen molar-refractivity contribution >= 4 is 23.7 Å². The minimum absolute atomic E-state index is 0.160. The Balaban J connectivity index is 1.98. The molecule has 6 heteroatoms. The largest absolute Gasteiger partial charge is 0.497 e. The van der Waals surface area contributed by atoms with Crippen molar-refractivity contribution in [2.24, 2.45) is 5.10 Å². The predicted molar refractivity (Wildman–Crippen MR) is 93.5 cm³/mol. The third kappa shape index (κ3) is 4.67. The van der Waals surface area contributed by atoms with Crippen molar-refractivity contribution in [1.29, 1.82) is 0 Å². The molecule has 0 saturated heterocycles. The summed E-state index contributed by atoms with van der Waals surface area (Å²) in [6.45, 7) is 3.36.